The van der Waals surface area contributed by atoms with E-state index >= 15 is 0 Å². The number of fused-ring (bicyclic) bond motifs is 2. The molecule has 1 aliphatic heterocycles. The molecular formula is C23H20ClN3O. The first-order valence-corrected chi connectivity index (χ1v) is 10.0. The Morgan fingerprint density at radius 2 is 1.79 bits per heavy atom. The largest absolute Gasteiger partial charge is 0.336 e. The highest BCUT2D eigenvalue weighted by Gasteiger charge is 2.30. The van der Waals surface area contributed by atoms with Gasteiger partial charge in [0.2, 0.25) is 5.95 Å². The first kappa shape index (κ1) is 17.4. The second-order valence-corrected chi connectivity index (χ2v) is 7.93. The van der Waals surface area contributed by atoms with Crippen molar-refractivity contribution in [3.8, 4) is 0 Å². The number of Topliss-reactive ketones (excluding diaryl/α,β-unsaturated/α-hetero) is 1. The quantitative estimate of drug-likeness (QED) is 0.642. The number of halogens is 1. The fourth-order valence-corrected chi connectivity index (χ4v) is 4.57. The van der Waals surface area contributed by atoms with Gasteiger partial charge in [0.15, 0.2) is 5.78 Å². The van der Waals surface area contributed by atoms with E-state index < -0.39 is 0 Å². The summed E-state index contributed by atoms with van der Waals surface area (Å²) < 4.78 is 0. The highest BCUT2D eigenvalue weighted by atomic mass is 35.5. The van der Waals surface area contributed by atoms with E-state index in [1.165, 1.54) is 11.1 Å². The first-order chi connectivity index (χ1) is 13.7. The Hall–Kier alpha value is -2.72. The van der Waals surface area contributed by atoms with Crippen LogP contribution < -0.4 is 4.90 Å². The number of rotatable bonds is 2. The number of carbonyl (C=O) groups excluding carboxylic acids is 1. The summed E-state index contributed by atoms with van der Waals surface area (Å²) in [5.41, 5.74) is 5.23. The van der Waals surface area contributed by atoms with Gasteiger partial charge in [0.05, 0.1) is 11.3 Å². The first-order valence-electron chi connectivity index (χ1n) is 9.64. The highest BCUT2D eigenvalue weighted by Crippen LogP contribution is 2.35. The van der Waals surface area contributed by atoms with Crippen molar-refractivity contribution in [3.05, 3.63) is 87.7 Å². The molecule has 0 saturated heterocycles. The van der Waals surface area contributed by atoms with Crippen molar-refractivity contribution in [2.24, 2.45) is 0 Å². The second kappa shape index (κ2) is 7.02. The summed E-state index contributed by atoms with van der Waals surface area (Å²) in [5, 5.41) is 0.714. The Morgan fingerprint density at radius 1 is 1.00 bits per heavy atom. The Kier molecular flexibility index (Phi) is 4.36. The van der Waals surface area contributed by atoms with Gasteiger partial charge in [-0.1, -0.05) is 54.1 Å². The van der Waals surface area contributed by atoms with Crippen LogP contribution in [-0.2, 0) is 19.4 Å². The number of nitrogens with zero attached hydrogens (tertiary/aromatic N) is 3. The fourth-order valence-electron chi connectivity index (χ4n) is 4.28. The highest BCUT2D eigenvalue weighted by molar-refractivity contribution is 6.31. The van der Waals surface area contributed by atoms with Gasteiger partial charge in [-0.2, -0.15) is 0 Å². The summed E-state index contributed by atoms with van der Waals surface area (Å²) in [4.78, 5) is 24.2. The van der Waals surface area contributed by atoms with Gasteiger partial charge in [0.1, 0.15) is 0 Å². The van der Waals surface area contributed by atoms with E-state index in [0.29, 0.717) is 29.4 Å². The van der Waals surface area contributed by atoms with Crippen molar-refractivity contribution in [1.82, 2.24) is 9.97 Å². The van der Waals surface area contributed by atoms with Gasteiger partial charge in [-0.05, 0) is 41.5 Å². The van der Waals surface area contributed by atoms with Gasteiger partial charge in [0.25, 0.3) is 0 Å². The summed E-state index contributed by atoms with van der Waals surface area (Å²) in [7, 11) is 0. The van der Waals surface area contributed by atoms with Gasteiger partial charge in [-0.3, -0.25) is 4.79 Å². The topological polar surface area (TPSA) is 46.1 Å². The standard InChI is InChI=1S/C23H20ClN3O/c24-20-8-4-3-7-18(20)17-11-21-19(22(28)12-17)13-25-23(26-21)27-10-9-15-5-1-2-6-16(15)14-27/h1-8,13,17H,9-12,14H2. The molecule has 140 valence electrons. The van der Waals surface area contributed by atoms with E-state index in [4.69, 9.17) is 16.6 Å². The lowest BCUT2D eigenvalue weighted by atomic mass is 9.82. The van der Waals surface area contributed by atoms with Crippen molar-refractivity contribution in [2.45, 2.75) is 31.7 Å². The van der Waals surface area contributed by atoms with Crippen molar-refractivity contribution in [3.63, 3.8) is 0 Å². The third-order valence-electron chi connectivity index (χ3n) is 5.79. The molecule has 1 aromatic heterocycles. The smallest absolute Gasteiger partial charge is 0.225 e. The monoisotopic (exact) mass is 389 g/mol. The van der Waals surface area contributed by atoms with E-state index in [2.05, 4.69) is 34.1 Å². The zero-order valence-electron chi connectivity index (χ0n) is 15.4. The van der Waals surface area contributed by atoms with Crippen LogP contribution in [0.15, 0.2) is 54.7 Å². The molecule has 0 amide bonds. The van der Waals surface area contributed by atoms with Crippen LogP contribution in [-0.4, -0.2) is 22.3 Å². The van der Waals surface area contributed by atoms with Crippen LogP contribution in [0.4, 0.5) is 5.95 Å². The van der Waals surface area contributed by atoms with Crippen LogP contribution in [0.5, 0.6) is 0 Å². The average molecular weight is 390 g/mol. The molecule has 1 unspecified atom stereocenters. The summed E-state index contributed by atoms with van der Waals surface area (Å²) in [6, 6.07) is 16.3. The van der Waals surface area contributed by atoms with Crippen LogP contribution in [0.25, 0.3) is 0 Å². The van der Waals surface area contributed by atoms with Crippen LogP contribution >= 0.6 is 11.6 Å². The molecular weight excluding hydrogens is 370 g/mol. The number of carbonyl (C=O) groups is 1. The Labute approximate surface area is 169 Å². The number of hydrogen-bond donors (Lipinski definition) is 0. The van der Waals surface area contributed by atoms with E-state index in [1.54, 1.807) is 6.20 Å². The molecule has 2 heterocycles. The van der Waals surface area contributed by atoms with Crippen LogP contribution in [0.3, 0.4) is 0 Å². The number of aromatic nitrogens is 2. The molecule has 0 radical (unpaired) electrons. The van der Waals surface area contributed by atoms with E-state index in [9.17, 15) is 4.79 Å². The number of benzene rings is 2. The van der Waals surface area contributed by atoms with Crippen LogP contribution in [0.1, 0.15) is 45.1 Å². The molecule has 0 saturated carbocycles. The second-order valence-electron chi connectivity index (χ2n) is 7.52. The lowest BCUT2D eigenvalue weighted by Gasteiger charge is -2.30. The maximum Gasteiger partial charge on any atom is 0.225 e. The normalized spacial score (nSPS) is 18.5. The summed E-state index contributed by atoms with van der Waals surface area (Å²) in [6.45, 7) is 1.69. The van der Waals surface area contributed by atoms with Crippen molar-refractivity contribution < 1.29 is 4.79 Å². The zero-order chi connectivity index (χ0) is 19.1. The molecule has 5 heteroatoms. The molecule has 5 rings (SSSR count). The number of anilines is 1. The Balaban J connectivity index is 1.45. The minimum Gasteiger partial charge on any atom is -0.336 e. The van der Waals surface area contributed by atoms with Crippen LogP contribution in [0.2, 0.25) is 5.02 Å². The minimum atomic E-state index is 0.0681. The number of hydrogen-bond acceptors (Lipinski definition) is 4. The summed E-state index contributed by atoms with van der Waals surface area (Å²) in [5.74, 6) is 0.876. The number of ketones is 1. The third kappa shape index (κ3) is 3.08. The molecule has 0 N–H and O–H groups in total. The molecule has 2 aromatic carbocycles. The van der Waals surface area contributed by atoms with E-state index in [1.807, 2.05) is 24.3 Å². The van der Waals surface area contributed by atoms with Gasteiger partial charge in [0, 0.05) is 30.7 Å². The molecule has 4 nitrogen and oxygen atoms in total. The maximum absolute atomic E-state index is 12.7. The van der Waals surface area contributed by atoms with Crippen molar-refractivity contribution in [2.75, 3.05) is 11.4 Å². The predicted molar refractivity (Wildman–Crippen MR) is 110 cm³/mol. The molecule has 0 spiro atoms. The van der Waals surface area contributed by atoms with Gasteiger partial charge in [-0.25, -0.2) is 9.97 Å². The van der Waals surface area contributed by atoms with Gasteiger partial charge < -0.3 is 4.90 Å². The van der Waals surface area contributed by atoms with E-state index in [-0.39, 0.29) is 11.7 Å². The molecule has 2 aliphatic rings. The minimum absolute atomic E-state index is 0.0681. The lowest BCUT2D eigenvalue weighted by Crippen LogP contribution is -2.32. The molecule has 0 bridgehead atoms. The molecule has 28 heavy (non-hydrogen) atoms. The predicted octanol–water partition coefficient (Wildman–Crippen LogP) is 4.61. The Bertz CT molecular complexity index is 1070. The Morgan fingerprint density at radius 3 is 2.64 bits per heavy atom. The summed E-state index contributed by atoms with van der Waals surface area (Å²) in [6.07, 6.45) is 3.86. The SMILES string of the molecule is O=C1CC(c2ccccc2Cl)Cc2nc(N3CCc4ccccc4C3)ncc21. The third-order valence-corrected chi connectivity index (χ3v) is 6.13. The van der Waals surface area contributed by atoms with Crippen LogP contribution in [0, 0.1) is 0 Å². The zero-order valence-corrected chi connectivity index (χ0v) is 16.2. The van der Waals surface area contributed by atoms with E-state index in [0.717, 1.165) is 30.8 Å². The van der Waals surface area contributed by atoms with Gasteiger partial charge in [-0.15, -0.1) is 0 Å². The average Bonchev–Trinajstić information content (AvgIpc) is 2.73. The molecule has 3 aromatic rings. The molecule has 0 fully saturated rings. The summed E-state index contributed by atoms with van der Waals surface area (Å²) >= 11 is 6.38. The lowest BCUT2D eigenvalue weighted by molar-refractivity contribution is 0.0962. The molecule has 1 atom stereocenters. The maximum atomic E-state index is 12.7. The van der Waals surface area contributed by atoms with Crippen molar-refractivity contribution >= 4 is 23.3 Å². The van der Waals surface area contributed by atoms with Gasteiger partial charge >= 0.3 is 0 Å². The van der Waals surface area contributed by atoms with Crippen molar-refractivity contribution in [1.29, 1.82) is 0 Å². The molecule has 1 aliphatic carbocycles. The fraction of sp³-hybridized carbons (Fsp3) is 0.261.